The molecule has 7 nitrogen and oxygen atoms in total. The van der Waals surface area contributed by atoms with Gasteiger partial charge >= 0.3 is 5.97 Å². The number of rotatable bonds is 5. The van der Waals surface area contributed by atoms with Crippen molar-refractivity contribution in [2.24, 2.45) is 0 Å². The Morgan fingerprint density at radius 2 is 1.56 bits per heavy atom. The SMILES string of the molecule is Cc1ccc(NC(=O)COC(=O)[C@@H](C)N2C(=O)c3ccccc3C2=O)cc1. The van der Waals surface area contributed by atoms with Crippen LogP contribution in [-0.2, 0) is 14.3 Å². The van der Waals surface area contributed by atoms with Gasteiger partial charge in [-0.15, -0.1) is 0 Å². The van der Waals surface area contributed by atoms with E-state index in [1.807, 2.05) is 19.1 Å². The summed E-state index contributed by atoms with van der Waals surface area (Å²) in [4.78, 5) is 49.8. The van der Waals surface area contributed by atoms with Crippen LogP contribution in [0, 0.1) is 6.92 Å². The van der Waals surface area contributed by atoms with Crippen molar-refractivity contribution in [3.8, 4) is 0 Å². The Hall–Kier alpha value is -3.48. The third kappa shape index (κ3) is 3.72. The number of benzene rings is 2. The maximum absolute atomic E-state index is 12.4. The van der Waals surface area contributed by atoms with Crippen LogP contribution in [0.5, 0.6) is 0 Å². The van der Waals surface area contributed by atoms with Crippen molar-refractivity contribution in [3.05, 3.63) is 65.2 Å². The Balaban J connectivity index is 1.58. The normalized spacial score (nSPS) is 13.9. The number of hydrogen-bond donors (Lipinski definition) is 1. The maximum Gasteiger partial charge on any atom is 0.329 e. The highest BCUT2D eigenvalue weighted by atomic mass is 16.5. The summed E-state index contributed by atoms with van der Waals surface area (Å²) in [5.74, 6) is -2.45. The molecular formula is C20H18N2O5. The first-order valence-electron chi connectivity index (χ1n) is 8.38. The molecule has 0 saturated carbocycles. The fourth-order valence-corrected chi connectivity index (χ4v) is 2.76. The quantitative estimate of drug-likeness (QED) is 0.647. The van der Waals surface area contributed by atoms with Crippen LogP contribution in [0.2, 0.25) is 0 Å². The third-order valence-electron chi connectivity index (χ3n) is 4.23. The molecule has 3 amide bonds. The number of esters is 1. The number of carbonyl (C=O) groups excluding carboxylic acids is 4. The zero-order chi connectivity index (χ0) is 19.6. The van der Waals surface area contributed by atoms with Gasteiger partial charge in [0.25, 0.3) is 17.7 Å². The van der Waals surface area contributed by atoms with Gasteiger partial charge < -0.3 is 10.1 Å². The summed E-state index contributed by atoms with van der Waals surface area (Å²) in [6, 6.07) is 12.4. The molecule has 138 valence electrons. The molecule has 1 aliphatic heterocycles. The number of nitrogens with zero attached hydrogens (tertiary/aromatic N) is 1. The van der Waals surface area contributed by atoms with E-state index in [-0.39, 0.29) is 11.1 Å². The monoisotopic (exact) mass is 366 g/mol. The summed E-state index contributed by atoms with van der Waals surface area (Å²) in [6.45, 7) is 2.80. The Morgan fingerprint density at radius 1 is 1.00 bits per heavy atom. The fourth-order valence-electron chi connectivity index (χ4n) is 2.76. The van der Waals surface area contributed by atoms with Gasteiger partial charge in [-0.2, -0.15) is 0 Å². The second-order valence-corrected chi connectivity index (χ2v) is 6.22. The van der Waals surface area contributed by atoms with E-state index < -0.39 is 36.3 Å². The zero-order valence-corrected chi connectivity index (χ0v) is 14.9. The van der Waals surface area contributed by atoms with E-state index in [1.54, 1.807) is 24.3 Å². The van der Waals surface area contributed by atoms with Crippen LogP contribution in [0.4, 0.5) is 5.69 Å². The lowest BCUT2D eigenvalue weighted by molar-refractivity contribution is -0.150. The van der Waals surface area contributed by atoms with E-state index in [2.05, 4.69) is 5.32 Å². The molecule has 0 fully saturated rings. The van der Waals surface area contributed by atoms with Crippen LogP contribution < -0.4 is 5.32 Å². The van der Waals surface area contributed by atoms with Gasteiger partial charge in [0.1, 0.15) is 6.04 Å². The topological polar surface area (TPSA) is 92.8 Å². The number of aryl methyl sites for hydroxylation is 1. The highest BCUT2D eigenvalue weighted by Crippen LogP contribution is 2.24. The average molecular weight is 366 g/mol. The first-order valence-corrected chi connectivity index (χ1v) is 8.38. The molecular weight excluding hydrogens is 348 g/mol. The number of imide groups is 1. The van der Waals surface area contributed by atoms with Gasteiger partial charge in [0, 0.05) is 5.69 Å². The van der Waals surface area contributed by atoms with E-state index in [0.717, 1.165) is 10.5 Å². The number of hydrogen-bond acceptors (Lipinski definition) is 5. The van der Waals surface area contributed by atoms with Crippen LogP contribution in [0.15, 0.2) is 48.5 Å². The molecule has 1 heterocycles. The summed E-state index contributed by atoms with van der Waals surface area (Å²) in [5, 5.41) is 2.60. The van der Waals surface area contributed by atoms with Crippen LogP contribution in [0.25, 0.3) is 0 Å². The molecule has 0 aliphatic carbocycles. The number of carbonyl (C=O) groups is 4. The summed E-state index contributed by atoms with van der Waals surface area (Å²) < 4.78 is 4.97. The molecule has 7 heteroatoms. The lowest BCUT2D eigenvalue weighted by Crippen LogP contribution is -2.44. The molecule has 0 unspecified atom stereocenters. The number of amides is 3. The third-order valence-corrected chi connectivity index (χ3v) is 4.23. The average Bonchev–Trinajstić information content (AvgIpc) is 2.92. The molecule has 0 spiro atoms. The van der Waals surface area contributed by atoms with Gasteiger partial charge in [0.05, 0.1) is 11.1 Å². The molecule has 2 aromatic carbocycles. The molecule has 1 aliphatic rings. The maximum atomic E-state index is 12.4. The lowest BCUT2D eigenvalue weighted by Gasteiger charge is -2.20. The van der Waals surface area contributed by atoms with E-state index >= 15 is 0 Å². The van der Waals surface area contributed by atoms with Crippen molar-refractivity contribution < 1.29 is 23.9 Å². The molecule has 0 aromatic heterocycles. The van der Waals surface area contributed by atoms with Crippen molar-refractivity contribution in [2.75, 3.05) is 11.9 Å². The molecule has 0 radical (unpaired) electrons. The molecule has 0 saturated heterocycles. The first kappa shape index (κ1) is 18.3. The van der Waals surface area contributed by atoms with Crippen LogP contribution in [-0.4, -0.2) is 41.2 Å². The minimum absolute atomic E-state index is 0.249. The Kier molecular flexibility index (Phi) is 5.03. The molecule has 27 heavy (non-hydrogen) atoms. The lowest BCUT2D eigenvalue weighted by atomic mass is 10.1. The van der Waals surface area contributed by atoms with E-state index in [0.29, 0.717) is 5.69 Å². The predicted octanol–water partition coefficient (Wildman–Crippen LogP) is 2.16. The first-order chi connectivity index (χ1) is 12.9. The van der Waals surface area contributed by atoms with E-state index in [4.69, 9.17) is 4.74 Å². The summed E-state index contributed by atoms with van der Waals surface area (Å²) in [6.07, 6.45) is 0. The number of ether oxygens (including phenoxy) is 1. The number of nitrogens with one attached hydrogen (secondary N) is 1. The van der Waals surface area contributed by atoms with Crippen molar-refractivity contribution in [3.63, 3.8) is 0 Å². The van der Waals surface area contributed by atoms with Crippen molar-refractivity contribution in [2.45, 2.75) is 19.9 Å². The summed E-state index contributed by atoms with van der Waals surface area (Å²) in [7, 11) is 0. The predicted molar refractivity (Wildman–Crippen MR) is 97.2 cm³/mol. The van der Waals surface area contributed by atoms with Crippen LogP contribution >= 0.6 is 0 Å². The van der Waals surface area contributed by atoms with Gasteiger partial charge in [-0.3, -0.25) is 19.3 Å². The Bertz CT molecular complexity index is 885. The van der Waals surface area contributed by atoms with Crippen molar-refractivity contribution in [1.82, 2.24) is 4.90 Å². The second-order valence-electron chi connectivity index (χ2n) is 6.22. The number of anilines is 1. The van der Waals surface area contributed by atoms with Crippen molar-refractivity contribution in [1.29, 1.82) is 0 Å². The van der Waals surface area contributed by atoms with Gasteiger partial charge in [-0.1, -0.05) is 29.8 Å². The zero-order valence-electron chi connectivity index (χ0n) is 14.9. The molecule has 1 N–H and O–H groups in total. The largest absolute Gasteiger partial charge is 0.454 e. The molecule has 3 rings (SSSR count). The Morgan fingerprint density at radius 3 is 2.11 bits per heavy atom. The minimum Gasteiger partial charge on any atom is -0.454 e. The second kappa shape index (κ2) is 7.41. The van der Waals surface area contributed by atoms with Gasteiger partial charge in [0.15, 0.2) is 6.61 Å². The van der Waals surface area contributed by atoms with Gasteiger partial charge in [-0.25, -0.2) is 4.79 Å². The van der Waals surface area contributed by atoms with Gasteiger partial charge in [0.2, 0.25) is 0 Å². The van der Waals surface area contributed by atoms with Crippen LogP contribution in [0.1, 0.15) is 33.2 Å². The number of fused-ring (bicyclic) bond motifs is 1. The van der Waals surface area contributed by atoms with Crippen LogP contribution in [0.3, 0.4) is 0 Å². The van der Waals surface area contributed by atoms with Gasteiger partial charge in [-0.05, 0) is 38.1 Å². The molecule has 0 bridgehead atoms. The van der Waals surface area contributed by atoms with E-state index in [9.17, 15) is 19.2 Å². The standard InChI is InChI=1S/C20H18N2O5/c1-12-7-9-14(10-8-12)21-17(23)11-27-20(26)13(2)22-18(24)15-5-3-4-6-16(15)19(22)25/h3-10,13H,11H2,1-2H3,(H,21,23)/t13-/m1/s1. The molecule has 2 aromatic rings. The Labute approximate surface area is 155 Å². The minimum atomic E-state index is -1.13. The van der Waals surface area contributed by atoms with Crippen molar-refractivity contribution >= 4 is 29.4 Å². The smallest absolute Gasteiger partial charge is 0.329 e. The highest BCUT2D eigenvalue weighted by Gasteiger charge is 2.41. The highest BCUT2D eigenvalue weighted by molar-refractivity contribution is 6.22. The molecule has 1 atom stereocenters. The fraction of sp³-hybridized carbons (Fsp3) is 0.200. The summed E-state index contributed by atoms with van der Waals surface area (Å²) in [5.41, 5.74) is 2.13. The summed E-state index contributed by atoms with van der Waals surface area (Å²) >= 11 is 0. The van der Waals surface area contributed by atoms with E-state index in [1.165, 1.54) is 19.1 Å².